The minimum absolute atomic E-state index is 0.0683. The maximum Gasteiger partial charge on any atom is 0.267 e. The van der Waals surface area contributed by atoms with Crippen molar-refractivity contribution in [3.05, 3.63) is 83.4 Å². The summed E-state index contributed by atoms with van der Waals surface area (Å²) >= 11 is 0. The highest BCUT2D eigenvalue weighted by Gasteiger charge is 1.99. The van der Waals surface area contributed by atoms with Crippen molar-refractivity contribution in [2.45, 2.75) is 0 Å². The van der Waals surface area contributed by atoms with Crippen LogP contribution in [0.1, 0.15) is 21.5 Å². The summed E-state index contributed by atoms with van der Waals surface area (Å²) in [6, 6.07) is 16.4. The number of carbonyl (C=O) groups excluding carboxylic acids is 2. The first kappa shape index (κ1) is 15.4. The van der Waals surface area contributed by atoms with Crippen LogP contribution >= 0.6 is 0 Å². The van der Waals surface area contributed by atoms with Crippen molar-refractivity contribution >= 4 is 23.8 Å². The summed E-state index contributed by atoms with van der Waals surface area (Å²) in [7, 11) is 0. The van der Waals surface area contributed by atoms with Gasteiger partial charge in [0.05, 0.1) is 0 Å². The number of allylic oxidation sites excluding steroid dienone is 1. The van der Waals surface area contributed by atoms with Crippen LogP contribution in [0.2, 0.25) is 0 Å². The highest BCUT2D eigenvalue weighted by Crippen LogP contribution is 2.10. The molecule has 0 aliphatic heterocycles. The van der Waals surface area contributed by atoms with Gasteiger partial charge in [-0.05, 0) is 29.3 Å². The summed E-state index contributed by atoms with van der Waals surface area (Å²) in [4.78, 5) is 22.9. The summed E-state index contributed by atoms with van der Waals surface area (Å²) in [6.45, 7) is 0. The van der Waals surface area contributed by atoms with Crippen molar-refractivity contribution in [2.75, 3.05) is 0 Å². The Balaban J connectivity index is 2.10. The zero-order valence-corrected chi connectivity index (χ0v) is 11.8. The SMILES string of the molecule is O=C(C=Cc1cccc(C=CC(=O)c2ccccc2)c1)NO. The molecular weight excluding hydrogens is 278 g/mol. The second-order valence-corrected chi connectivity index (χ2v) is 4.54. The molecule has 22 heavy (non-hydrogen) atoms. The van der Waals surface area contributed by atoms with Crippen molar-refractivity contribution < 1.29 is 14.8 Å². The van der Waals surface area contributed by atoms with E-state index >= 15 is 0 Å². The predicted molar refractivity (Wildman–Crippen MR) is 85.2 cm³/mol. The first-order valence-corrected chi connectivity index (χ1v) is 6.69. The van der Waals surface area contributed by atoms with Crippen LogP contribution in [0.5, 0.6) is 0 Å². The van der Waals surface area contributed by atoms with Gasteiger partial charge in [-0.3, -0.25) is 14.8 Å². The average molecular weight is 293 g/mol. The van der Waals surface area contributed by atoms with E-state index in [0.717, 1.165) is 11.1 Å². The molecule has 0 aliphatic carbocycles. The van der Waals surface area contributed by atoms with Crippen molar-refractivity contribution in [1.29, 1.82) is 0 Å². The lowest BCUT2D eigenvalue weighted by Crippen LogP contribution is -2.14. The van der Waals surface area contributed by atoms with Crippen molar-refractivity contribution in [3.8, 4) is 0 Å². The van der Waals surface area contributed by atoms with Crippen LogP contribution in [0.3, 0.4) is 0 Å². The molecule has 0 spiro atoms. The number of carbonyl (C=O) groups is 2. The lowest BCUT2D eigenvalue weighted by Gasteiger charge is -1.98. The molecule has 1 amide bonds. The van der Waals surface area contributed by atoms with Gasteiger partial charge in [-0.15, -0.1) is 0 Å². The van der Waals surface area contributed by atoms with E-state index in [4.69, 9.17) is 5.21 Å². The Labute approximate surface area is 128 Å². The molecule has 0 radical (unpaired) electrons. The van der Waals surface area contributed by atoms with Crippen LogP contribution in [0.4, 0.5) is 0 Å². The van der Waals surface area contributed by atoms with E-state index in [1.165, 1.54) is 17.6 Å². The Morgan fingerprint density at radius 2 is 1.50 bits per heavy atom. The molecule has 2 rings (SSSR count). The molecule has 4 nitrogen and oxygen atoms in total. The first-order chi connectivity index (χ1) is 10.7. The van der Waals surface area contributed by atoms with E-state index in [1.54, 1.807) is 24.3 Å². The molecule has 2 aromatic carbocycles. The summed E-state index contributed by atoms with van der Waals surface area (Å²) < 4.78 is 0. The van der Waals surface area contributed by atoms with Gasteiger partial charge in [-0.2, -0.15) is 0 Å². The number of hydroxylamine groups is 1. The van der Waals surface area contributed by atoms with E-state index < -0.39 is 5.91 Å². The molecular formula is C18H15NO3. The van der Waals surface area contributed by atoms with Gasteiger partial charge in [-0.1, -0.05) is 54.6 Å². The highest BCUT2D eigenvalue weighted by atomic mass is 16.5. The summed E-state index contributed by atoms with van der Waals surface area (Å²) in [5.74, 6) is -0.665. The van der Waals surface area contributed by atoms with Gasteiger partial charge in [0, 0.05) is 11.6 Å². The lowest BCUT2D eigenvalue weighted by atomic mass is 10.1. The zero-order valence-electron chi connectivity index (χ0n) is 11.8. The fraction of sp³-hybridized carbons (Fsp3) is 0. The normalized spacial score (nSPS) is 11.0. The zero-order chi connectivity index (χ0) is 15.8. The average Bonchev–Trinajstić information content (AvgIpc) is 2.58. The van der Waals surface area contributed by atoms with E-state index in [2.05, 4.69) is 0 Å². The van der Waals surface area contributed by atoms with Crippen LogP contribution in [0.15, 0.2) is 66.7 Å². The summed E-state index contributed by atoms with van der Waals surface area (Å²) in [6.07, 6.45) is 6.03. The molecule has 4 heteroatoms. The number of amides is 1. The third-order valence-corrected chi connectivity index (χ3v) is 2.93. The monoisotopic (exact) mass is 293 g/mol. The predicted octanol–water partition coefficient (Wildman–Crippen LogP) is 3.10. The van der Waals surface area contributed by atoms with Gasteiger partial charge in [0.25, 0.3) is 5.91 Å². The largest absolute Gasteiger partial charge is 0.289 e. The second-order valence-electron chi connectivity index (χ2n) is 4.54. The molecule has 0 unspecified atom stereocenters. The number of rotatable bonds is 5. The van der Waals surface area contributed by atoms with Crippen LogP contribution in [-0.4, -0.2) is 16.9 Å². The molecule has 0 saturated heterocycles. The number of ketones is 1. The van der Waals surface area contributed by atoms with Crippen molar-refractivity contribution in [2.24, 2.45) is 0 Å². The Kier molecular flexibility index (Phi) is 5.40. The van der Waals surface area contributed by atoms with Crippen molar-refractivity contribution in [1.82, 2.24) is 5.48 Å². The fourth-order valence-corrected chi connectivity index (χ4v) is 1.85. The molecule has 0 bridgehead atoms. The molecule has 0 fully saturated rings. The van der Waals surface area contributed by atoms with E-state index in [1.807, 2.05) is 42.5 Å². The lowest BCUT2D eigenvalue weighted by molar-refractivity contribution is -0.124. The van der Waals surface area contributed by atoms with Gasteiger partial charge in [-0.25, -0.2) is 5.48 Å². The Hall–Kier alpha value is -2.98. The van der Waals surface area contributed by atoms with E-state index in [9.17, 15) is 9.59 Å². The molecule has 0 aromatic heterocycles. The highest BCUT2D eigenvalue weighted by molar-refractivity contribution is 6.06. The van der Waals surface area contributed by atoms with Crippen LogP contribution in [0.25, 0.3) is 12.2 Å². The summed E-state index contributed by atoms with van der Waals surface area (Å²) in [5.41, 5.74) is 3.79. The Morgan fingerprint density at radius 1 is 0.864 bits per heavy atom. The second kappa shape index (κ2) is 7.71. The quantitative estimate of drug-likeness (QED) is 0.385. The summed E-state index contributed by atoms with van der Waals surface area (Å²) in [5, 5.41) is 8.42. The van der Waals surface area contributed by atoms with Crippen LogP contribution in [-0.2, 0) is 4.79 Å². The minimum atomic E-state index is -0.597. The maximum absolute atomic E-state index is 12.0. The number of hydrogen-bond acceptors (Lipinski definition) is 3. The fourth-order valence-electron chi connectivity index (χ4n) is 1.85. The van der Waals surface area contributed by atoms with E-state index in [-0.39, 0.29) is 5.78 Å². The van der Waals surface area contributed by atoms with Gasteiger partial charge < -0.3 is 0 Å². The number of benzene rings is 2. The van der Waals surface area contributed by atoms with Crippen molar-refractivity contribution in [3.63, 3.8) is 0 Å². The minimum Gasteiger partial charge on any atom is -0.289 e. The standard InChI is InChI=1S/C18H15NO3/c20-17(16-7-2-1-3-8-16)11-9-14-5-4-6-15(13-14)10-12-18(21)19-22/h1-13,22H,(H,19,21). The number of hydrogen-bond donors (Lipinski definition) is 2. The Bertz CT molecular complexity index is 718. The van der Waals surface area contributed by atoms with E-state index in [0.29, 0.717) is 5.56 Å². The van der Waals surface area contributed by atoms with Crippen LogP contribution < -0.4 is 5.48 Å². The van der Waals surface area contributed by atoms with Crippen LogP contribution in [0, 0.1) is 0 Å². The topological polar surface area (TPSA) is 66.4 Å². The third-order valence-electron chi connectivity index (χ3n) is 2.93. The number of nitrogens with one attached hydrogen (secondary N) is 1. The van der Waals surface area contributed by atoms with Gasteiger partial charge in [0.1, 0.15) is 0 Å². The third kappa shape index (κ3) is 4.54. The van der Waals surface area contributed by atoms with Gasteiger partial charge >= 0.3 is 0 Å². The van der Waals surface area contributed by atoms with Gasteiger partial charge in [0.15, 0.2) is 5.78 Å². The molecule has 0 aliphatic rings. The molecule has 110 valence electrons. The smallest absolute Gasteiger partial charge is 0.267 e. The first-order valence-electron chi connectivity index (χ1n) is 6.69. The molecule has 0 saturated carbocycles. The molecule has 0 atom stereocenters. The molecule has 2 aromatic rings. The maximum atomic E-state index is 12.0. The molecule has 0 heterocycles. The van der Waals surface area contributed by atoms with Gasteiger partial charge in [0.2, 0.25) is 0 Å². The Morgan fingerprint density at radius 3 is 2.14 bits per heavy atom. The molecule has 2 N–H and O–H groups in total.